The standard InChI is InChI=1S/C10H18O3.Na/c1-2-3-4-6-9(11)7-5-8-10(12)13;/h3-4,9,11H,2,5-8H2,1H3,(H,12,13);/q;+1/p-1/b4-3-;/t9-;/m1./s1. The van der Waals surface area contributed by atoms with Crippen LogP contribution in [-0.4, -0.2) is 17.2 Å². The second-order valence-corrected chi connectivity index (χ2v) is 3.03. The van der Waals surface area contributed by atoms with E-state index in [-0.39, 0.29) is 36.0 Å². The largest absolute Gasteiger partial charge is 1.00 e. The summed E-state index contributed by atoms with van der Waals surface area (Å²) >= 11 is 0. The Bertz CT molecular complexity index is 169. The van der Waals surface area contributed by atoms with E-state index in [0.29, 0.717) is 19.3 Å². The van der Waals surface area contributed by atoms with Crippen molar-refractivity contribution in [2.75, 3.05) is 0 Å². The third kappa shape index (κ3) is 12.2. The van der Waals surface area contributed by atoms with Crippen molar-refractivity contribution in [1.29, 1.82) is 0 Å². The Morgan fingerprint density at radius 2 is 2.14 bits per heavy atom. The van der Waals surface area contributed by atoms with Gasteiger partial charge in [-0.25, -0.2) is 0 Å². The smallest absolute Gasteiger partial charge is 0.550 e. The molecule has 0 aliphatic heterocycles. The van der Waals surface area contributed by atoms with Crippen molar-refractivity contribution in [1.82, 2.24) is 0 Å². The van der Waals surface area contributed by atoms with Gasteiger partial charge in [-0.3, -0.25) is 0 Å². The van der Waals surface area contributed by atoms with Crippen LogP contribution in [0.3, 0.4) is 0 Å². The van der Waals surface area contributed by atoms with E-state index in [9.17, 15) is 15.0 Å². The molecule has 0 saturated carbocycles. The molecule has 1 N–H and O–H groups in total. The minimum Gasteiger partial charge on any atom is -0.550 e. The molecule has 0 fully saturated rings. The zero-order valence-electron chi connectivity index (χ0n) is 9.03. The van der Waals surface area contributed by atoms with Crippen molar-refractivity contribution in [2.24, 2.45) is 0 Å². The van der Waals surface area contributed by atoms with Crippen LogP contribution in [0, 0.1) is 0 Å². The molecule has 0 aliphatic rings. The van der Waals surface area contributed by atoms with Crippen LogP contribution in [0.1, 0.15) is 39.0 Å². The number of aliphatic carboxylic acids is 1. The predicted octanol–water partition coefficient (Wildman–Crippen LogP) is -2.37. The number of aliphatic hydroxyl groups is 1. The van der Waals surface area contributed by atoms with Gasteiger partial charge in [0, 0.05) is 5.97 Å². The Kier molecular flexibility index (Phi) is 13.3. The van der Waals surface area contributed by atoms with Crippen LogP contribution in [0.15, 0.2) is 12.2 Å². The summed E-state index contributed by atoms with van der Waals surface area (Å²) in [5.74, 6) is -1.05. The first-order valence-corrected chi connectivity index (χ1v) is 4.69. The summed E-state index contributed by atoms with van der Waals surface area (Å²) in [6.07, 6.45) is 6.13. The Labute approximate surface area is 107 Å². The van der Waals surface area contributed by atoms with Gasteiger partial charge in [-0.05, 0) is 32.1 Å². The van der Waals surface area contributed by atoms with E-state index in [2.05, 4.69) is 0 Å². The molecule has 76 valence electrons. The van der Waals surface area contributed by atoms with Gasteiger partial charge in [0.05, 0.1) is 6.10 Å². The van der Waals surface area contributed by atoms with Crippen molar-refractivity contribution in [3.63, 3.8) is 0 Å². The number of hydrogen-bond donors (Lipinski definition) is 1. The molecular formula is C10H17NaO3. The fourth-order valence-electron chi connectivity index (χ4n) is 1.02. The van der Waals surface area contributed by atoms with Crippen LogP contribution >= 0.6 is 0 Å². The molecule has 3 nitrogen and oxygen atoms in total. The van der Waals surface area contributed by atoms with Crippen LogP contribution in [0.4, 0.5) is 0 Å². The number of rotatable bonds is 7. The third-order valence-electron chi connectivity index (χ3n) is 1.73. The number of carboxylic acid groups (broad SMARTS) is 1. The normalized spacial score (nSPS) is 12.4. The van der Waals surface area contributed by atoms with Crippen molar-refractivity contribution >= 4 is 5.97 Å². The van der Waals surface area contributed by atoms with E-state index >= 15 is 0 Å². The minimum absolute atomic E-state index is 0. The first-order valence-electron chi connectivity index (χ1n) is 4.69. The molecule has 0 amide bonds. The summed E-state index contributed by atoms with van der Waals surface area (Å²) in [4.78, 5) is 10.0. The van der Waals surface area contributed by atoms with E-state index in [1.807, 2.05) is 19.1 Å². The van der Waals surface area contributed by atoms with Crippen LogP contribution < -0.4 is 34.7 Å². The van der Waals surface area contributed by atoms with Gasteiger partial charge in [0.2, 0.25) is 0 Å². The number of carbonyl (C=O) groups excluding carboxylic acids is 1. The maximum absolute atomic E-state index is 10.0. The molecule has 0 aromatic heterocycles. The molecule has 0 saturated heterocycles. The summed E-state index contributed by atoms with van der Waals surface area (Å²) in [5.41, 5.74) is 0. The van der Waals surface area contributed by atoms with Gasteiger partial charge in [0.1, 0.15) is 0 Å². The fraction of sp³-hybridized carbons (Fsp3) is 0.700. The molecule has 0 aliphatic carbocycles. The van der Waals surface area contributed by atoms with Crippen molar-refractivity contribution in [3.05, 3.63) is 12.2 Å². The van der Waals surface area contributed by atoms with Gasteiger partial charge in [-0.2, -0.15) is 0 Å². The minimum atomic E-state index is -1.05. The quantitative estimate of drug-likeness (QED) is 0.376. The van der Waals surface area contributed by atoms with E-state index in [0.717, 1.165) is 6.42 Å². The topological polar surface area (TPSA) is 60.4 Å². The molecule has 0 aromatic rings. The SMILES string of the molecule is CC/C=C\C[C@@H](O)CCCC(=O)[O-].[Na+]. The van der Waals surface area contributed by atoms with Gasteiger partial charge < -0.3 is 15.0 Å². The first-order chi connectivity index (χ1) is 6.16. The second kappa shape index (κ2) is 11.2. The predicted molar refractivity (Wildman–Crippen MR) is 48.9 cm³/mol. The van der Waals surface area contributed by atoms with Gasteiger partial charge >= 0.3 is 29.6 Å². The number of carbonyl (C=O) groups is 1. The average molecular weight is 208 g/mol. The maximum Gasteiger partial charge on any atom is 1.00 e. The van der Waals surface area contributed by atoms with Gasteiger partial charge in [0.15, 0.2) is 0 Å². The van der Waals surface area contributed by atoms with Gasteiger partial charge in [-0.15, -0.1) is 0 Å². The summed E-state index contributed by atoms with van der Waals surface area (Å²) in [7, 11) is 0. The molecule has 14 heavy (non-hydrogen) atoms. The molecule has 0 unspecified atom stereocenters. The third-order valence-corrected chi connectivity index (χ3v) is 1.73. The number of carboxylic acids is 1. The zero-order valence-corrected chi connectivity index (χ0v) is 11.0. The average Bonchev–Trinajstić information content (AvgIpc) is 2.04. The van der Waals surface area contributed by atoms with Crippen LogP contribution in [-0.2, 0) is 4.79 Å². The molecule has 0 heterocycles. The fourth-order valence-corrected chi connectivity index (χ4v) is 1.02. The Balaban J connectivity index is 0. The van der Waals surface area contributed by atoms with Crippen molar-refractivity contribution in [3.8, 4) is 0 Å². The summed E-state index contributed by atoms with van der Waals surface area (Å²) in [6, 6.07) is 0. The number of aliphatic hydroxyl groups excluding tert-OH is 1. The molecule has 0 spiro atoms. The maximum atomic E-state index is 10.0. The summed E-state index contributed by atoms with van der Waals surface area (Å²) in [6.45, 7) is 2.03. The zero-order chi connectivity index (χ0) is 10.1. The molecule has 1 atom stereocenters. The van der Waals surface area contributed by atoms with E-state index in [4.69, 9.17) is 0 Å². The van der Waals surface area contributed by atoms with Gasteiger partial charge in [-0.1, -0.05) is 19.1 Å². The van der Waals surface area contributed by atoms with Crippen LogP contribution in [0.2, 0.25) is 0 Å². The molecule has 0 bridgehead atoms. The van der Waals surface area contributed by atoms with Crippen molar-refractivity contribution in [2.45, 2.75) is 45.1 Å². The number of allylic oxidation sites excluding steroid dienone is 1. The van der Waals surface area contributed by atoms with E-state index < -0.39 is 12.1 Å². The monoisotopic (exact) mass is 208 g/mol. The Hall–Kier alpha value is 0.170. The second-order valence-electron chi connectivity index (χ2n) is 3.03. The first kappa shape index (κ1) is 16.6. The molecular weight excluding hydrogens is 191 g/mol. The van der Waals surface area contributed by atoms with Gasteiger partial charge in [0.25, 0.3) is 0 Å². The van der Waals surface area contributed by atoms with Crippen LogP contribution in [0.25, 0.3) is 0 Å². The summed E-state index contributed by atoms with van der Waals surface area (Å²) in [5, 5.41) is 19.4. The Morgan fingerprint density at radius 1 is 1.50 bits per heavy atom. The summed E-state index contributed by atoms with van der Waals surface area (Å²) < 4.78 is 0. The molecule has 0 radical (unpaired) electrons. The van der Waals surface area contributed by atoms with Crippen molar-refractivity contribution < 1.29 is 44.6 Å². The molecule has 0 rings (SSSR count). The number of hydrogen-bond acceptors (Lipinski definition) is 3. The van der Waals surface area contributed by atoms with Crippen LogP contribution in [0.5, 0.6) is 0 Å². The van der Waals surface area contributed by atoms with E-state index in [1.54, 1.807) is 0 Å². The van der Waals surface area contributed by atoms with E-state index in [1.165, 1.54) is 0 Å². The molecule has 4 heteroatoms. The molecule has 0 aromatic carbocycles. The Morgan fingerprint density at radius 3 is 2.64 bits per heavy atom.